The first kappa shape index (κ1) is 16.8. The number of aryl methyl sites for hydroxylation is 1. The van der Waals surface area contributed by atoms with Gasteiger partial charge in [0.15, 0.2) is 0 Å². The molecular weight excluding hydrogens is 316 g/mol. The van der Waals surface area contributed by atoms with E-state index in [9.17, 15) is 4.79 Å². The van der Waals surface area contributed by atoms with Crippen LogP contribution in [0.3, 0.4) is 0 Å². The van der Waals surface area contributed by atoms with Crippen molar-refractivity contribution < 1.29 is 9.53 Å². The van der Waals surface area contributed by atoms with Crippen molar-refractivity contribution in [2.24, 2.45) is 5.92 Å². The quantitative estimate of drug-likeness (QED) is 0.838. The van der Waals surface area contributed by atoms with Crippen LogP contribution in [-0.2, 0) is 9.53 Å². The second-order valence-corrected chi connectivity index (χ2v) is 7.60. The summed E-state index contributed by atoms with van der Waals surface area (Å²) in [6, 6.07) is 3.20. The molecule has 3 fully saturated rings. The number of ether oxygens (including phenoxy) is 1. The number of nitrogens with zero attached hydrogens (tertiary/aromatic N) is 4. The van der Waals surface area contributed by atoms with E-state index in [0.29, 0.717) is 18.0 Å². The van der Waals surface area contributed by atoms with Crippen molar-refractivity contribution in [3.05, 3.63) is 18.1 Å². The van der Waals surface area contributed by atoms with Crippen molar-refractivity contribution in [2.75, 3.05) is 31.2 Å². The van der Waals surface area contributed by atoms with E-state index < -0.39 is 0 Å². The Hall–Kier alpha value is -1.69. The Labute approximate surface area is 149 Å². The molecule has 4 rings (SSSR count). The number of likely N-dealkylation sites (tertiary alicyclic amines) is 1. The number of hydrogen-bond acceptors (Lipinski definition) is 5. The molecule has 3 aliphatic rings. The van der Waals surface area contributed by atoms with E-state index in [0.717, 1.165) is 63.5 Å². The molecule has 1 aliphatic carbocycles. The summed E-state index contributed by atoms with van der Waals surface area (Å²) in [6.45, 7) is 5.22. The smallest absolute Gasteiger partial charge is 0.225 e. The molecule has 1 aromatic rings. The predicted octanol–water partition coefficient (Wildman–Crippen LogP) is 2.17. The van der Waals surface area contributed by atoms with Crippen LogP contribution in [0.4, 0.5) is 5.82 Å². The van der Waals surface area contributed by atoms with Crippen LogP contribution in [-0.4, -0.2) is 59.2 Å². The Morgan fingerprint density at radius 2 is 1.76 bits per heavy atom. The first-order valence-electron chi connectivity index (χ1n) is 9.66. The third-order valence-corrected chi connectivity index (χ3v) is 5.73. The maximum Gasteiger partial charge on any atom is 0.225 e. The van der Waals surface area contributed by atoms with Crippen molar-refractivity contribution in [2.45, 2.75) is 57.5 Å². The van der Waals surface area contributed by atoms with Gasteiger partial charge in [0.2, 0.25) is 5.91 Å². The summed E-state index contributed by atoms with van der Waals surface area (Å²) in [5.41, 5.74) is 1.02. The molecule has 2 aliphatic heterocycles. The fourth-order valence-electron chi connectivity index (χ4n) is 4.17. The van der Waals surface area contributed by atoms with E-state index in [-0.39, 0.29) is 5.92 Å². The second kappa shape index (κ2) is 7.28. The number of carbonyl (C=O) groups is 1. The fourth-order valence-corrected chi connectivity index (χ4v) is 4.17. The summed E-state index contributed by atoms with van der Waals surface area (Å²) in [5.74, 6) is 1.58. The standard InChI is InChI=1S/C19H28N4O2/c1-14-12-18(21-13-20-14)23(16-2-3-16)17-4-8-22(9-5-17)19(24)15-6-10-25-11-7-15/h12-13,15-17H,2-11H2,1H3. The minimum absolute atomic E-state index is 0.175. The van der Waals surface area contributed by atoms with Gasteiger partial charge in [0.05, 0.1) is 0 Å². The lowest BCUT2D eigenvalue weighted by atomic mass is 9.96. The molecule has 0 aromatic carbocycles. The van der Waals surface area contributed by atoms with Gasteiger partial charge in [0.25, 0.3) is 0 Å². The van der Waals surface area contributed by atoms with E-state index in [1.165, 1.54) is 12.8 Å². The Bertz CT molecular complexity index is 605. The zero-order valence-corrected chi connectivity index (χ0v) is 15.1. The number of hydrogen-bond donors (Lipinski definition) is 0. The van der Waals surface area contributed by atoms with Gasteiger partial charge >= 0.3 is 0 Å². The number of aromatic nitrogens is 2. The van der Waals surface area contributed by atoms with E-state index in [4.69, 9.17) is 4.74 Å². The Morgan fingerprint density at radius 3 is 2.40 bits per heavy atom. The van der Waals surface area contributed by atoms with E-state index >= 15 is 0 Å². The first-order chi connectivity index (χ1) is 12.2. The molecule has 6 heteroatoms. The molecule has 6 nitrogen and oxygen atoms in total. The summed E-state index contributed by atoms with van der Waals surface area (Å²) >= 11 is 0. The minimum atomic E-state index is 0.175. The zero-order chi connectivity index (χ0) is 17.2. The molecule has 136 valence electrons. The summed E-state index contributed by atoms with van der Waals surface area (Å²) < 4.78 is 5.39. The average Bonchev–Trinajstić information content (AvgIpc) is 3.48. The Balaban J connectivity index is 1.39. The average molecular weight is 344 g/mol. The molecule has 0 unspecified atom stereocenters. The van der Waals surface area contributed by atoms with Crippen molar-refractivity contribution in [1.82, 2.24) is 14.9 Å². The largest absolute Gasteiger partial charge is 0.381 e. The summed E-state index contributed by atoms with van der Waals surface area (Å²) in [6.07, 6.45) is 8.02. The summed E-state index contributed by atoms with van der Waals surface area (Å²) in [4.78, 5) is 26.1. The SMILES string of the molecule is Cc1cc(N(C2CC2)C2CCN(C(=O)C3CCOCC3)CC2)ncn1. The highest BCUT2D eigenvalue weighted by atomic mass is 16.5. The first-order valence-corrected chi connectivity index (χ1v) is 9.66. The van der Waals surface area contributed by atoms with Crippen molar-refractivity contribution in [1.29, 1.82) is 0 Å². The monoisotopic (exact) mass is 344 g/mol. The maximum atomic E-state index is 12.7. The van der Waals surface area contributed by atoms with E-state index in [1.807, 2.05) is 6.92 Å². The van der Waals surface area contributed by atoms with Gasteiger partial charge in [-0.2, -0.15) is 0 Å². The van der Waals surface area contributed by atoms with Gasteiger partial charge in [-0.05, 0) is 45.4 Å². The molecule has 1 aromatic heterocycles. The third-order valence-electron chi connectivity index (χ3n) is 5.73. The van der Waals surface area contributed by atoms with Gasteiger partial charge < -0.3 is 14.5 Å². The lowest BCUT2D eigenvalue weighted by Crippen LogP contribution is -2.49. The fraction of sp³-hybridized carbons (Fsp3) is 0.737. The molecule has 1 saturated carbocycles. The normalized spacial score (nSPS) is 22.8. The molecule has 0 bridgehead atoms. The number of piperidine rings is 1. The molecule has 0 N–H and O–H groups in total. The van der Waals surface area contributed by atoms with Crippen LogP contribution in [0.15, 0.2) is 12.4 Å². The van der Waals surface area contributed by atoms with Crippen LogP contribution in [0, 0.1) is 12.8 Å². The van der Waals surface area contributed by atoms with Gasteiger partial charge in [-0.1, -0.05) is 0 Å². The van der Waals surface area contributed by atoms with E-state index in [1.54, 1.807) is 6.33 Å². The van der Waals surface area contributed by atoms with Crippen molar-refractivity contribution >= 4 is 11.7 Å². The summed E-state index contributed by atoms with van der Waals surface area (Å²) in [5, 5.41) is 0. The van der Waals surface area contributed by atoms with Gasteiger partial charge in [0.1, 0.15) is 12.1 Å². The lowest BCUT2D eigenvalue weighted by molar-refractivity contribution is -0.139. The van der Waals surface area contributed by atoms with Gasteiger partial charge in [-0.15, -0.1) is 0 Å². The molecular formula is C19H28N4O2. The van der Waals surface area contributed by atoms with Crippen LogP contribution < -0.4 is 4.90 Å². The van der Waals surface area contributed by atoms with Crippen LogP contribution >= 0.6 is 0 Å². The number of rotatable bonds is 4. The topological polar surface area (TPSA) is 58.6 Å². The third kappa shape index (κ3) is 3.78. The van der Waals surface area contributed by atoms with E-state index in [2.05, 4.69) is 25.8 Å². The molecule has 25 heavy (non-hydrogen) atoms. The number of amides is 1. The minimum Gasteiger partial charge on any atom is -0.381 e. The van der Waals surface area contributed by atoms with Crippen molar-refractivity contribution in [3.8, 4) is 0 Å². The Kier molecular flexibility index (Phi) is 4.88. The summed E-state index contributed by atoms with van der Waals surface area (Å²) in [7, 11) is 0. The molecule has 3 heterocycles. The predicted molar refractivity (Wildman–Crippen MR) is 95.4 cm³/mol. The van der Waals surface area contributed by atoms with Crippen LogP contribution in [0.25, 0.3) is 0 Å². The number of anilines is 1. The Morgan fingerprint density at radius 1 is 1.08 bits per heavy atom. The van der Waals surface area contributed by atoms with Crippen LogP contribution in [0.2, 0.25) is 0 Å². The van der Waals surface area contributed by atoms with Crippen LogP contribution in [0.1, 0.15) is 44.2 Å². The molecule has 0 radical (unpaired) electrons. The highest BCUT2D eigenvalue weighted by Gasteiger charge is 2.38. The molecule has 0 spiro atoms. The molecule has 2 saturated heterocycles. The highest BCUT2D eigenvalue weighted by Crippen LogP contribution is 2.35. The molecule has 0 atom stereocenters. The maximum absolute atomic E-state index is 12.7. The van der Waals surface area contributed by atoms with Gasteiger partial charge in [0, 0.05) is 56.1 Å². The van der Waals surface area contributed by atoms with Gasteiger partial charge in [-0.3, -0.25) is 4.79 Å². The zero-order valence-electron chi connectivity index (χ0n) is 15.1. The second-order valence-electron chi connectivity index (χ2n) is 7.60. The number of carbonyl (C=O) groups excluding carboxylic acids is 1. The van der Waals surface area contributed by atoms with Gasteiger partial charge in [-0.25, -0.2) is 9.97 Å². The highest BCUT2D eigenvalue weighted by molar-refractivity contribution is 5.79. The van der Waals surface area contributed by atoms with Crippen molar-refractivity contribution in [3.63, 3.8) is 0 Å². The lowest BCUT2D eigenvalue weighted by Gasteiger charge is -2.40. The molecule has 1 amide bonds. The van der Waals surface area contributed by atoms with Crippen LogP contribution in [0.5, 0.6) is 0 Å².